The van der Waals surface area contributed by atoms with E-state index < -0.39 is 29.3 Å². The van der Waals surface area contributed by atoms with Crippen molar-refractivity contribution in [3.63, 3.8) is 0 Å². The minimum atomic E-state index is -1.02. The highest BCUT2D eigenvalue weighted by Gasteiger charge is 2.45. The summed E-state index contributed by atoms with van der Waals surface area (Å²) in [7, 11) is 1.50. The zero-order valence-corrected chi connectivity index (χ0v) is 17.0. The number of amides is 1. The first-order valence-electron chi connectivity index (χ1n) is 9.71. The monoisotopic (exact) mass is 434 g/mol. The molecule has 2 heterocycles. The smallest absolute Gasteiger partial charge is 0.295 e. The molecule has 3 aromatic rings. The van der Waals surface area contributed by atoms with E-state index >= 15 is 0 Å². The zero-order valence-electron chi connectivity index (χ0n) is 17.0. The van der Waals surface area contributed by atoms with Crippen LogP contribution in [0.1, 0.15) is 27.5 Å². The van der Waals surface area contributed by atoms with E-state index in [1.54, 1.807) is 18.2 Å². The molecule has 32 heavy (non-hydrogen) atoms. The SMILES string of the molecule is COc1ccc(C(=O)C2=C(O)C(=O)N(c3ccc(CO)cn3)C2c2ccc(F)cc2)cc1. The van der Waals surface area contributed by atoms with E-state index in [0.29, 0.717) is 16.9 Å². The number of Topliss-reactive ketones (excluding diaryl/α,β-unsaturated/α-hetero) is 1. The number of aliphatic hydroxyl groups is 2. The van der Waals surface area contributed by atoms with Crippen molar-refractivity contribution in [1.29, 1.82) is 0 Å². The Morgan fingerprint density at radius 3 is 2.34 bits per heavy atom. The normalized spacial score (nSPS) is 15.9. The molecule has 0 saturated heterocycles. The highest BCUT2D eigenvalue weighted by atomic mass is 19.1. The average molecular weight is 434 g/mol. The van der Waals surface area contributed by atoms with Crippen molar-refractivity contribution in [2.75, 3.05) is 12.0 Å². The second-order valence-electron chi connectivity index (χ2n) is 7.13. The van der Waals surface area contributed by atoms with Gasteiger partial charge in [0.25, 0.3) is 5.91 Å². The molecular formula is C24H19FN2O5. The minimum absolute atomic E-state index is 0.139. The molecule has 1 unspecified atom stereocenters. The van der Waals surface area contributed by atoms with Crippen molar-refractivity contribution < 1.29 is 28.9 Å². The van der Waals surface area contributed by atoms with E-state index in [9.17, 15) is 24.2 Å². The van der Waals surface area contributed by atoms with Crippen molar-refractivity contribution in [3.05, 3.63) is 101 Å². The van der Waals surface area contributed by atoms with Crippen molar-refractivity contribution >= 4 is 17.5 Å². The van der Waals surface area contributed by atoms with Crippen LogP contribution in [0, 0.1) is 5.82 Å². The summed E-state index contributed by atoms with van der Waals surface area (Å²) in [6.45, 7) is -0.229. The van der Waals surface area contributed by atoms with Gasteiger partial charge in [0.05, 0.1) is 25.3 Å². The van der Waals surface area contributed by atoms with Crippen LogP contribution in [-0.4, -0.2) is 34.0 Å². The number of aliphatic hydroxyl groups excluding tert-OH is 2. The molecule has 4 rings (SSSR count). The molecule has 1 atom stereocenters. The molecule has 8 heteroatoms. The predicted molar refractivity (Wildman–Crippen MR) is 114 cm³/mol. The Morgan fingerprint density at radius 1 is 1.09 bits per heavy atom. The summed E-state index contributed by atoms with van der Waals surface area (Å²) in [5.41, 5.74) is 1.07. The molecule has 7 nitrogen and oxygen atoms in total. The van der Waals surface area contributed by atoms with Gasteiger partial charge in [0.1, 0.15) is 17.4 Å². The summed E-state index contributed by atoms with van der Waals surface area (Å²) in [5.74, 6) is -1.82. The van der Waals surface area contributed by atoms with Crippen LogP contribution in [0.4, 0.5) is 10.2 Å². The number of halogens is 1. The number of benzene rings is 2. The molecule has 0 saturated carbocycles. The lowest BCUT2D eigenvalue weighted by molar-refractivity contribution is -0.117. The number of hydrogen-bond acceptors (Lipinski definition) is 6. The van der Waals surface area contributed by atoms with Gasteiger partial charge in [-0.25, -0.2) is 9.37 Å². The van der Waals surface area contributed by atoms with Crippen molar-refractivity contribution in [3.8, 4) is 5.75 Å². The molecule has 0 spiro atoms. The number of rotatable bonds is 6. The maximum atomic E-state index is 13.6. The number of ketones is 1. The highest BCUT2D eigenvalue weighted by molar-refractivity contribution is 6.20. The van der Waals surface area contributed by atoms with Gasteiger partial charge in [0.2, 0.25) is 0 Å². The van der Waals surface area contributed by atoms with Crippen LogP contribution < -0.4 is 9.64 Å². The summed E-state index contributed by atoms with van der Waals surface area (Å²) >= 11 is 0. The van der Waals surface area contributed by atoms with E-state index in [1.807, 2.05) is 0 Å². The van der Waals surface area contributed by atoms with E-state index in [-0.39, 0.29) is 23.6 Å². The van der Waals surface area contributed by atoms with Gasteiger partial charge < -0.3 is 14.9 Å². The Morgan fingerprint density at radius 2 is 1.78 bits per heavy atom. The largest absolute Gasteiger partial charge is 0.503 e. The molecule has 0 aliphatic carbocycles. The molecule has 2 N–H and O–H groups in total. The predicted octanol–water partition coefficient (Wildman–Crippen LogP) is 3.50. The number of methoxy groups -OCH3 is 1. The van der Waals surface area contributed by atoms with Crippen LogP contribution in [0.3, 0.4) is 0 Å². The number of anilines is 1. The number of nitrogens with zero attached hydrogens (tertiary/aromatic N) is 2. The van der Waals surface area contributed by atoms with Crippen LogP contribution in [0.25, 0.3) is 0 Å². The second kappa shape index (κ2) is 8.60. The number of carbonyl (C=O) groups excluding carboxylic acids is 2. The summed E-state index contributed by atoms with van der Waals surface area (Å²) in [4.78, 5) is 31.8. The fraction of sp³-hybridized carbons (Fsp3) is 0.125. The van der Waals surface area contributed by atoms with E-state index in [2.05, 4.69) is 4.98 Å². The van der Waals surface area contributed by atoms with Gasteiger partial charge in [0.15, 0.2) is 11.5 Å². The summed E-state index contributed by atoms with van der Waals surface area (Å²) in [6, 6.07) is 13.6. The van der Waals surface area contributed by atoms with E-state index in [0.717, 1.165) is 0 Å². The molecule has 0 radical (unpaired) electrons. The van der Waals surface area contributed by atoms with Crippen LogP contribution in [0.2, 0.25) is 0 Å². The zero-order chi connectivity index (χ0) is 22.8. The minimum Gasteiger partial charge on any atom is -0.503 e. The molecular weight excluding hydrogens is 415 g/mol. The topological polar surface area (TPSA) is 100.0 Å². The lowest BCUT2D eigenvalue weighted by Crippen LogP contribution is -2.31. The fourth-order valence-corrected chi connectivity index (χ4v) is 3.58. The molecule has 0 bridgehead atoms. The Labute approximate surface area is 183 Å². The molecule has 1 aromatic heterocycles. The van der Waals surface area contributed by atoms with Gasteiger partial charge in [-0.3, -0.25) is 14.5 Å². The first-order valence-corrected chi connectivity index (χ1v) is 9.71. The van der Waals surface area contributed by atoms with Crippen molar-refractivity contribution in [1.82, 2.24) is 4.98 Å². The number of pyridine rings is 1. The maximum Gasteiger partial charge on any atom is 0.295 e. The van der Waals surface area contributed by atoms with Crippen LogP contribution in [0.5, 0.6) is 5.75 Å². The second-order valence-corrected chi connectivity index (χ2v) is 7.13. The molecule has 1 aliphatic heterocycles. The van der Waals surface area contributed by atoms with Crippen molar-refractivity contribution in [2.24, 2.45) is 0 Å². The van der Waals surface area contributed by atoms with Crippen LogP contribution in [0.15, 0.2) is 78.2 Å². The lowest BCUT2D eigenvalue weighted by atomic mass is 9.92. The highest BCUT2D eigenvalue weighted by Crippen LogP contribution is 2.41. The summed E-state index contributed by atoms with van der Waals surface area (Å²) in [5, 5.41) is 20.0. The van der Waals surface area contributed by atoms with Gasteiger partial charge >= 0.3 is 0 Å². The van der Waals surface area contributed by atoms with Gasteiger partial charge in [-0.15, -0.1) is 0 Å². The summed E-state index contributed by atoms with van der Waals surface area (Å²) in [6.07, 6.45) is 1.39. The standard InChI is InChI=1S/C24H19FN2O5/c1-32-18-9-5-16(6-10-18)22(29)20-21(15-3-7-17(25)8-4-15)27(24(31)23(20)30)19-11-2-14(13-28)12-26-19/h2-12,21,28,30H,13H2,1H3. The average Bonchev–Trinajstić information content (AvgIpc) is 3.09. The van der Waals surface area contributed by atoms with Gasteiger partial charge in [-0.2, -0.15) is 0 Å². The number of carbonyl (C=O) groups is 2. The van der Waals surface area contributed by atoms with Crippen LogP contribution in [-0.2, 0) is 11.4 Å². The van der Waals surface area contributed by atoms with Crippen LogP contribution >= 0.6 is 0 Å². The molecule has 1 aliphatic rings. The Hall–Kier alpha value is -4.04. The Balaban J connectivity index is 1.83. The number of hydrogen-bond donors (Lipinski definition) is 2. The Bertz CT molecular complexity index is 1190. The maximum absolute atomic E-state index is 13.6. The molecule has 2 aromatic carbocycles. The Kier molecular flexibility index (Phi) is 5.70. The van der Waals surface area contributed by atoms with Gasteiger partial charge in [0, 0.05) is 11.8 Å². The van der Waals surface area contributed by atoms with Gasteiger partial charge in [-0.1, -0.05) is 18.2 Å². The van der Waals surface area contributed by atoms with E-state index in [4.69, 9.17) is 4.74 Å². The third-order valence-corrected chi connectivity index (χ3v) is 5.23. The first kappa shape index (κ1) is 21.2. The fourth-order valence-electron chi connectivity index (χ4n) is 3.58. The van der Waals surface area contributed by atoms with E-state index in [1.165, 1.54) is 60.7 Å². The summed E-state index contributed by atoms with van der Waals surface area (Å²) < 4.78 is 18.7. The third kappa shape index (κ3) is 3.72. The van der Waals surface area contributed by atoms with Crippen molar-refractivity contribution in [2.45, 2.75) is 12.6 Å². The molecule has 0 fully saturated rings. The quantitative estimate of drug-likeness (QED) is 0.576. The third-order valence-electron chi connectivity index (χ3n) is 5.23. The molecule has 1 amide bonds. The number of ether oxygens (including phenoxy) is 1. The lowest BCUT2D eigenvalue weighted by Gasteiger charge is -2.26. The molecule has 162 valence electrons. The number of aromatic nitrogens is 1. The van der Waals surface area contributed by atoms with Gasteiger partial charge in [-0.05, 0) is 53.6 Å². The first-order chi connectivity index (χ1) is 15.4.